The number of nitrogens with one attached hydrogen (secondary N) is 2. The molecular formula is C31H53N6O10P. The Morgan fingerprint density at radius 1 is 1.04 bits per heavy atom. The number of aliphatic hydroxyl groups is 2. The average Bonchev–Trinajstić information content (AvgIpc) is 3.52. The van der Waals surface area contributed by atoms with Gasteiger partial charge in [0, 0.05) is 0 Å². The van der Waals surface area contributed by atoms with Crippen molar-refractivity contribution in [2.45, 2.75) is 117 Å². The molecular weight excluding hydrogens is 647 g/mol. The van der Waals surface area contributed by atoms with E-state index in [1.165, 1.54) is 24.9 Å². The lowest BCUT2D eigenvalue weighted by Crippen LogP contribution is -2.47. The summed E-state index contributed by atoms with van der Waals surface area (Å²) in [5.74, 6) is -0.626. The normalized spacial score (nSPS) is 22.7. The van der Waals surface area contributed by atoms with E-state index in [-0.39, 0.29) is 43.8 Å². The molecule has 0 spiro atoms. The Hall–Kier alpha value is -2.72. The number of nitrogens with zero attached hydrogens (tertiary/aromatic N) is 4. The van der Waals surface area contributed by atoms with Crippen LogP contribution in [0.4, 0.5) is 0 Å². The van der Waals surface area contributed by atoms with Crippen LogP contribution >= 0.6 is 7.67 Å². The Bertz CT molecular complexity index is 1380. The third-order valence-electron chi connectivity index (χ3n) is 7.65. The molecule has 0 amide bonds. The maximum Gasteiger partial charge on any atom is 0.342 e. The number of aromatic nitrogens is 4. The Morgan fingerprint density at radius 3 is 2.06 bits per heavy atom. The number of hydrogen-bond donors (Lipinski definition) is 4. The molecule has 2 aromatic heterocycles. The van der Waals surface area contributed by atoms with Crippen LogP contribution in [-0.2, 0) is 32.9 Å². The third-order valence-corrected chi connectivity index (χ3v) is 9.47. The van der Waals surface area contributed by atoms with Crippen LogP contribution in [0.25, 0.3) is 11.2 Å². The van der Waals surface area contributed by atoms with Gasteiger partial charge >= 0.3 is 19.6 Å². The number of ether oxygens (including phenoxy) is 4. The monoisotopic (exact) mass is 700 g/mol. The Kier molecular flexibility index (Phi) is 14.3. The maximum atomic E-state index is 14.7. The first-order valence-electron chi connectivity index (χ1n) is 16.5. The highest BCUT2D eigenvalue weighted by Gasteiger charge is 2.54. The van der Waals surface area contributed by atoms with E-state index in [2.05, 4.69) is 25.1 Å². The third kappa shape index (κ3) is 9.93. The molecule has 1 fully saturated rings. The zero-order chi connectivity index (χ0) is 35.8. The Balaban J connectivity index is 1.94. The van der Waals surface area contributed by atoms with Gasteiger partial charge in [0.05, 0.1) is 33.3 Å². The quantitative estimate of drug-likeness (QED) is 0.123. The SMILES string of the molecule is CCCOC(=O)[C@H](CC(C)C)NP(=O)(N[C@@H](CC(C)C)C(=O)OCCC)OC[C@H]1O[C@@H](n2cnc3c(OC)nc(C)nc32)[C@@](C)(O)C1O. The number of carbonyl (C=O) groups is 2. The highest BCUT2D eigenvalue weighted by atomic mass is 31.2. The summed E-state index contributed by atoms with van der Waals surface area (Å²) in [6.07, 6.45) is -0.851. The van der Waals surface area contributed by atoms with Crippen LogP contribution in [0.5, 0.6) is 5.88 Å². The summed E-state index contributed by atoms with van der Waals surface area (Å²) in [5, 5.41) is 28.4. The van der Waals surface area contributed by atoms with Gasteiger partial charge in [0.2, 0.25) is 5.88 Å². The van der Waals surface area contributed by atoms with Gasteiger partial charge in [-0.2, -0.15) is 4.98 Å². The second-order valence-electron chi connectivity index (χ2n) is 13.1. The van der Waals surface area contributed by atoms with Crippen LogP contribution < -0.4 is 14.9 Å². The minimum atomic E-state index is -4.30. The largest absolute Gasteiger partial charge is 0.479 e. The number of methoxy groups -OCH3 is 1. The van der Waals surface area contributed by atoms with E-state index in [0.29, 0.717) is 29.8 Å². The number of imidazole rings is 1. The van der Waals surface area contributed by atoms with E-state index < -0.39 is 62.3 Å². The smallest absolute Gasteiger partial charge is 0.342 e. The second kappa shape index (κ2) is 17.3. The molecule has 4 N–H and O–H groups in total. The van der Waals surface area contributed by atoms with Gasteiger partial charge in [-0.1, -0.05) is 41.5 Å². The topological polar surface area (TPSA) is 205 Å². The Labute approximate surface area is 282 Å². The molecule has 0 radical (unpaired) electrons. The average molecular weight is 701 g/mol. The summed E-state index contributed by atoms with van der Waals surface area (Å²) in [7, 11) is -2.85. The van der Waals surface area contributed by atoms with Crippen LogP contribution in [0.3, 0.4) is 0 Å². The summed E-state index contributed by atoms with van der Waals surface area (Å²) in [6, 6.07) is -2.11. The van der Waals surface area contributed by atoms with E-state index in [1.807, 2.05) is 41.5 Å². The zero-order valence-corrected chi connectivity index (χ0v) is 30.4. The van der Waals surface area contributed by atoms with Crippen LogP contribution in [0.15, 0.2) is 6.33 Å². The summed E-state index contributed by atoms with van der Waals surface area (Å²) in [6.45, 7) is 14.2. The maximum absolute atomic E-state index is 14.7. The minimum absolute atomic E-state index is 0.00183. The van der Waals surface area contributed by atoms with Crippen molar-refractivity contribution in [1.29, 1.82) is 0 Å². The number of esters is 2. The number of carbonyl (C=O) groups excluding carboxylic acids is 2. The van der Waals surface area contributed by atoms with Gasteiger partial charge in [0.25, 0.3) is 0 Å². The van der Waals surface area contributed by atoms with Crippen molar-refractivity contribution in [2.24, 2.45) is 11.8 Å². The molecule has 1 aliphatic rings. The van der Waals surface area contributed by atoms with Gasteiger partial charge < -0.3 is 33.7 Å². The van der Waals surface area contributed by atoms with Crippen molar-refractivity contribution < 1.29 is 47.8 Å². The van der Waals surface area contributed by atoms with Gasteiger partial charge in [-0.3, -0.25) is 18.7 Å². The number of aryl methyl sites for hydroxylation is 1. The fourth-order valence-corrected chi connectivity index (χ4v) is 7.16. The lowest BCUT2D eigenvalue weighted by molar-refractivity contribution is -0.146. The lowest BCUT2D eigenvalue weighted by Gasteiger charge is -2.30. The summed E-state index contributed by atoms with van der Waals surface area (Å²) < 4.78 is 44.3. The standard InChI is InChI=1S/C31H53N6O10P/c1-10-12-44-28(39)21(14-18(3)4)35-48(42,36-22(15-19(5)6)29(40)45-13-11-2)46-16-23-25(38)31(8,41)30(47-23)37-17-32-24-26(37)33-20(7)34-27(24)43-9/h17-19,21-23,25,30,38,41H,10-16H2,1-9H3,(H2,35,36,42)/t21-,22-,23+,25?,30+,31-/m0/s1. The van der Waals surface area contributed by atoms with Gasteiger partial charge in [-0.25, -0.2) is 20.1 Å². The van der Waals surface area contributed by atoms with E-state index in [0.717, 1.165) is 0 Å². The molecule has 6 atom stereocenters. The number of aliphatic hydroxyl groups excluding tert-OH is 1. The number of fused-ring (bicyclic) bond motifs is 1. The second-order valence-corrected chi connectivity index (χ2v) is 15.0. The van der Waals surface area contributed by atoms with Crippen LogP contribution in [0.1, 0.15) is 86.2 Å². The predicted molar refractivity (Wildman–Crippen MR) is 176 cm³/mol. The van der Waals surface area contributed by atoms with Crippen molar-refractivity contribution in [3.8, 4) is 5.88 Å². The highest BCUT2D eigenvalue weighted by Crippen LogP contribution is 2.45. The van der Waals surface area contributed by atoms with Crippen molar-refractivity contribution in [1.82, 2.24) is 29.7 Å². The van der Waals surface area contributed by atoms with E-state index >= 15 is 0 Å². The van der Waals surface area contributed by atoms with E-state index in [4.69, 9.17) is 23.5 Å². The first-order valence-corrected chi connectivity index (χ1v) is 18.1. The molecule has 0 saturated carbocycles. The summed E-state index contributed by atoms with van der Waals surface area (Å²) in [5.41, 5.74) is -1.25. The van der Waals surface area contributed by atoms with Crippen LogP contribution in [0, 0.1) is 18.8 Å². The van der Waals surface area contributed by atoms with Gasteiger partial charge in [-0.15, -0.1) is 0 Å². The zero-order valence-electron chi connectivity index (χ0n) is 29.5. The first kappa shape index (κ1) is 39.7. The fraction of sp³-hybridized carbons (Fsp3) is 0.774. The molecule has 0 aliphatic carbocycles. The molecule has 0 aromatic carbocycles. The molecule has 16 nitrogen and oxygen atoms in total. The van der Waals surface area contributed by atoms with E-state index in [9.17, 15) is 24.4 Å². The molecule has 3 rings (SSSR count). The Morgan fingerprint density at radius 2 is 1.58 bits per heavy atom. The van der Waals surface area contributed by atoms with Crippen molar-refractivity contribution in [2.75, 3.05) is 26.9 Å². The van der Waals surface area contributed by atoms with Crippen molar-refractivity contribution in [3.05, 3.63) is 12.2 Å². The minimum Gasteiger partial charge on any atom is -0.479 e. The fourth-order valence-electron chi connectivity index (χ4n) is 5.34. The molecule has 17 heteroatoms. The summed E-state index contributed by atoms with van der Waals surface area (Å²) in [4.78, 5) is 39.2. The van der Waals surface area contributed by atoms with Crippen LogP contribution in [-0.4, -0.2) is 98.5 Å². The molecule has 1 aliphatic heterocycles. The molecule has 272 valence electrons. The first-order chi connectivity index (χ1) is 22.6. The highest BCUT2D eigenvalue weighted by molar-refractivity contribution is 7.54. The molecule has 48 heavy (non-hydrogen) atoms. The van der Waals surface area contributed by atoms with Gasteiger partial charge in [0.1, 0.15) is 35.7 Å². The van der Waals surface area contributed by atoms with Crippen molar-refractivity contribution >= 4 is 30.8 Å². The van der Waals surface area contributed by atoms with E-state index in [1.54, 1.807) is 6.92 Å². The number of rotatable bonds is 19. The number of hydrogen-bond acceptors (Lipinski definition) is 13. The summed E-state index contributed by atoms with van der Waals surface area (Å²) >= 11 is 0. The molecule has 2 aromatic rings. The van der Waals surface area contributed by atoms with Crippen LogP contribution in [0.2, 0.25) is 0 Å². The predicted octanol–water partition coefficient (Wildman–Crippen LogP) is 3.19. The molecule has 1 saturated heterocycles. The van der Waals surface area contributed by atoms with Crippen molar-refractivity contribution in [3.63, 3.8) is 0 Å². The lowest BCUT2D eigenvalue weighted by atomic mass is 9.96. The molecule has 1 unspecified atom stereocenters. The molecule has 0 bridgehead atoms. The molecule has 3 heterocycles. The van der Waals surface area contributed by atoms with Gasteiger partial charge in [0.15, 0.2) is 17.4 Å². The van der Waals surface area contributed by atoms with Gasteiger partial charge in [-0.05, 0) is 51.4 Å².